The van der Waals surface area contributed by atoms with Crippen LogP contribution in [0.2, 0.25) is 0 Å². The van der Waals surface area contributed by atoms with Crippen LogP contribution in [0.1, 0.15) is 33.5 Å². The fraction of sp³-hybridized carbons (Fsp3) is 0.231. The van der Waals surface area contributed by atoms with E-state index in [1.807, 2.05) is 38.1 Å². The zero-order valence-corrected chi connectivity index (χ0v) is 20.6. The molecule has 0 saturated carbocycles. The topological polar surface area (TPSA) is 108 Å². The van der Waals surface area contributed by atoms with Crippen LogP contribution >= 0.6 is 11.3 Å². The van der Waals surface area contributed by atoms with Crippen molar-refractivity contribution >= 4 is 33.3 Å². The van der Waals surface area contributed by atoms with Crippen LogP contribution in [0.3, 0.4) is 0 Å². The number of ether oxygens (including phenoxy) is 3. The van der Waals surface area contributed by atoms with Gasteiger partial charge in [-0.2, -0.15) is 0 Å². The number of ketones is 1. The molecule has 0 amide bonds. The molecule has 9 heteroatoms. The first kappa shape index (κ1) is 24.2. The van der Waals surface area contributed by atoms with Crippen molar-refractivity contribution in [2.24, 2.45) is 0 Å². The standard InChI is InChI=1S/C26H24N2O6S/c1-14-5-7-17(8-6-14)23-16(3)35-26-24(23)25(31)27-21(28-26)12-34-22(30)13-33-19-10-9-18(15(2)29)11-20(19)32-4/h5-11H,12-13H2,1-4H3,(H,27,28,31). The summed E-state index contributed by atoms with van der Waals surface area (Å²) in [5, 5.41) is 0.524. The van der Waals surface area contributed by atoms with E-state index >= 15 is 0 Å². The minimum Gasteiger partial charge on any atom is -0.493 e. The number of hydrogen-bond acceptors (Lipinski definition) is 8. The normalized spacial score (nSPS) is 10.9. The van der Waals surface area contributed by atoms with Crippen molar-refractivity contribution in [1.82, 2.24) is 9.97 Å². The van der Waals surface area contributed by atoms with Crippen LogP contribution in [0, 0.1) is 13.8 Å². The summed E-state index contributed by atoms with van der Waals surface area (Å²) in [6.07, 6.45) is 0. The van der Waals surface area contributed by atoms with Gasteiger partial charge in [-0.15, -0.1) is 11.3 Å². The van der Waals surface area contributed by atoms with Crippen molar-refractivity contribution in [1.29, 1.82) is 0 Å². The number of aromatic nitrogens is 2. The van der Waals surface area contributed by atoms with Crippen LogP contribution in [0.25, 0.3) is 21.3 Å². The van der Waals surface area contributed by atoms with Gasteiger partial charge in [-0.3, -0.25) is 9.59 Å². The first-order valence-electron chi connectivity index (χ1n) is 10.8. The molecule has 4 aromatic rings. The summed E-state index contributed by atoms with van der Waals surface area (Å²) in [7, 11) is 1.44. The number of nitrogens with one attached hydrogen (secondary N) is 1. The summed E-state index contributed by atoms with van der Waals surface area (Å²) in [6, 6.07) is 12.7. The molecule has 8 nitrogen and oxygen atoms in total. The molecule has 0 radical (unpaired) electrons. The van der Waals surface area contributed by atoms with E-state index in [0.29, 0.717) is 27.3 Å². The van der Waals surface area contributed by atoms with Crippen LogP contribution in [0.4, 0.5) is 0 Å². The van der Waals surface area contributed by atoms with Gasteiger partial charge in [-0.05, 0) is 44.5 Å². The van der Waals surface area contributed by atoms with Crippen molar-refractivity contribution in [3.05, 3.63) is 74.6 Å². The van der Waals surface area contributed by atoms with Crippen LogP contribution in [0.5, 0.6) is 11.5 Å². The Morgan fingerprint density at radius 2 is 1.80 bits per heavy atom. The maximum absolute atomic E-state index is 12.9. The fourth-order valence-electron chi connectivity index (χ4n) is 3.63. The molecule has 2 aromatic carbocycles. The Morgan fingerprint density at radius 1 is 1.06 bits per heavy atom. The molecule has 0 bridgehead atoms. The van der Waals surface area contributed by atoms with E-state index in [0.717, 1.165) is 21.6 Å². The minimum atomic E-state index is -0.645. The van der Waals surface area contributed by atoms with E-state index in [1.165, 1.54) is 25.4 Å². The predicted molar refractivity (Wildman–Crippen MR) is 133 cm³/mol. The number of methoxy groups -OCH3 is 1. The Kier molecular flexibility index (Phi) is 6.97. The first-order chi connectivity index (χ1) is 16.8. The number of aryl methyl sites for hydroxylation is 2. The molecule has 0 atom stereocenters. The molecule has 2 heterocycles. The molecule has 1 N–H and O–H groups in total. The number of hydrogen-bond donors (Lipinski definition) is 1. The van der Waals surface area contributed by atoms with Gasteiger partial charge in [-0.25, -0.2) is 9.78 Å². The maximum atomic E-state index is 12.9. The van der Waals surface area contributed by atoms with Crippen molar-refractivity contribution in [3.63, 3.8) is 0 Å². The molecule has 4 rings (SSSR count). The SMILES string of the molecule is COc1cc(C(C)=O)ccc1OCC(=O)OCc1nc2sc(C)c(-c3ccc(C)cc3)c2c(=O)[nH]1. The Morgan fingerprint density at radius 3 is 2.49 bits per heavy atom. The summed E-state index contributed by atoms with van der Waals surface area (Å²) < 4.78 is 15.9. The number of esters is 1. The zero-order chi connectivity index (χ0) is 25.1. The molecule has 0 saturated heterocycles. The van der Waals surface area contributed by atoms with Crippen LogP contribution in [-0.2, 0) is 16.1 Å². The van der Waals surface area contributed by atoms with Crippen LogP contribution in [0.15, 0.2) is 47.3 Å². The third-order valence-corrected chi connectivity index (χ3v) is 6.41. The molecule has 0 unspecified atom stereocenters. The Bertz CT molecular complexity index is 1470. The van der Waals surface area contributed by atoms with Gasteiger partial charge in [0.2, 0.25) is 0 Å². The second-order valence-corrected chi connectivity index (χ2v) is 9.17. The van der Waals surface area contributed by atoms with Gasteiger partial charge in [0.1, 0.15) is 17.3 Å². The number of carbonyl (C=O) groups is 2. The lowest BCUT2D eigenvalue weighted by Crippen LogP contribution is -2.18. The number of benzene rings is 2. The lowest BCUT2D eigenvalue weighted by atomic mass is 10.0. The van der Waals surface area contributed by atoms with Crippen molar-refractivity contribution < 1.29 is 23.8 Å². The molecule has 0 aliphatic rings. The van der Waals surface area contributed by atoms with Gasteiger partial charge >= 0.3 is 5.97 Å². The highest BCUT2D eigenvalue weighted by Gasteiger charge is 2.17. The molecule has 35 heavy (non-hydrogen) atoms. The van der Waals surface area contributed by atoms with E-state index in [2.05, 4.69) is 9.97 Å². The van der Waals surface area contributed by atoms with Gasteiger partial charge in [0.25, 0.3) is 5.56 Å². The van der Waals surface area contributed by atoms with Gasteiger partial charge in [0.05, 0.1) is 12.5 Å². The second kappa shape index (κ2) is 10.1. The lowest BCUT2D eigenvalue weighted by Gasteiger charge is -2.11. The van der Waals surface area contributed by atoms with Gasteiger partial charge in [0, 0.05) is 16.0 Å². The summed E-state index contributed by atoms with van der Waals surface area (Å²) in [5.74, 6) is 0.128. The first-order valence-corrected chi connectivity index (χ1v) is 11.6. The highest BCUT2D eigenvalue weighted by Crippen LogP contribution is 2.35. The van der Waals surface area contributed by atoms with Crippen molar-refractivity contribution in [3.8, 4) is 22.6 Å². The lowest BCUT2D eigenvalue weighted by molar-refractivity contribution is -0.147. The Hall–Kier alpha value is -3.98. The number of thiophene rings is 1. The largest absolute Gasteiger partial charge is 0.493 e. The fourth-order valence-corrected chi connectivity index (χ4v) is 4.70. The van der Waals surface area contributed by atoms with E-state index < -0.39 is 5.97 Å². The molecule has 0 fully saturated rings. The van der Waals surface area contributed by atoms with Crippen molar-refractivity contribution in [2.45, 2.75) is 27.4 Å². The number of fused-ring (bicyclic) bond motifs is 1. The number of carbonyl (C=O) groups excluding carboxylic acids is 2. The summed E-state index contributed by atoms with van der Waals surface area (Å²) >= 11 is 1.42. The van der Waals surface area contributed by atoms with E-state index in [-0.39, 0.29) is 30.4 Å². The Labute approximate surface area is 205 Å². The average Bonchev–Trinajstić information content (AvgIpc) is 3.17. The summed E-state index contributed by atoms with van der Waals surface area (Å²) in [6.45, 7) is 4.83. The third-order valence-electron chi connectivity index (χ3n) is 5.41. The quantitative estimate of drug-likeness (QED) is 0.283. The van der Waals surface area contributed by atoms with Gasteiger partial charge < -0.3 is 19.2 Å². The second-order valence-electron chi connectivity index (χ2n) is 7.96. The van der Waals surface area contributed by atoms with E-state index in [1.54, 1.807) is 18.2 Å². The minimum absolute atomic E-state index is 0.111. The molecular formula is C26H24N2O6S. The predicted octanol–water partition coefficient (Wildman–Crippen LogP) is 4.60. The smallest absolute Gasteiger partial charge is 0.344 e. The molecule has 0 aliphatic carbocycles. The molecule has 0 spiro atoms. The number of Topliss-reactive ketones (excluding diaryl/α,β-unsaturated/α-hetero) is 1. The van der Waals surface area contributed by atoms with E-state index in [9.17, 15) is 14.4 Å². The number of H-pyrrole nitrogens is 1. The average molecular weight is 493 g/mol. The molecule has 2 aromatic heterocycles. The zero-order valence-electron chi connectivity index (χ0n) is 19.8. The molecular weight excluding hydrogens is 468 g/mol. The van der Waals surface area contributed by atoms with Crippen LogP contribution < -0.4 is 15.0 Å². The highest BCUT2D eigenvalue weighted by molar-refractivity contribution is 7.19. The van der Waals surface area contributed by atoms with Gasteiger partial charge in [0.15, 0.2) is 23.9 Å². The number of aromatic amines is 1. The van der Waals surface area contributed by atoms with Crippen molar-refractivity contribution in [2.75, 3.05) is 13.7 Å². The van der Waals surface area contributed by atoms with Gasteiger partial charge in [-0.1, -0.05) is 29.8 Å². The number of rotatable bonds is 8. The maximum Gasteiger partial charge on any atom is 0.344 e. The van der Waals surface area contributed by atoms with Crippen LogP contribution in [-0.4, -0.2) is 35.4 Å². The summed E-state index contributed by atoms with van der Waals surface area (Å²) in [4.78, 5) is 45.4. The monoisotopic (exact) mass is 492 g/mol. The highest BCUT2D eigenvalue weighted by atomic mass is 32.1. The third kappa shape index (κ3) is 5.25. The molecule has 0 aliphatic heterocycles. The van der Waals surface area contributed by atoms with E-state index in [4.69, 9.17) is 14.2 Å². The molecule has 180 valence electrons. The summed E-state index contributed by atoms with van der Waals surface area (Å²) in [5.41, 5.74) is 3.14. The number of nitrogens with zero attached hydrogens (tertiary/aromatic N) is 1. The Balaban J connectivity index is 1.45.